The molecule has 2 aliphatic carbocycles. The fourth-order valence-electron chi connectivity index (χ4n) is 10.4. The van der Waals surface area contributed by atoms with Crippen LogP contribution in [0.1, 0.15) is 74.9 Å². The molecule has 0 fully saturated rings. The van der Waals surface area contributed by atoms with Gasteiger partial charge < -0.3 is 0 Å². The molecule has 276 valence electrons. The van der Waals surface area contributed by atoms with Crippen LogP contribution in [0.25, 0.3) is 88.0 Å². The predicted octanol–water partition coefficient (Wildman–Crippen LogP) is 16.0. The first-order valence-corrected chi connectivity index (χ1v) is 20.4. The van der Waals surface area contributed by atoms with Gasteiger partial charge in [0.25, 0.3) is 0 Å². The maximum atomic E-state index is 4.23. The van der Waals surface area contributed by atoms with Gasteiger partial charge in [-0.05, 0) is 153 Å². The molecule has 0 saturated carbocycles. The quantitative estimate of drug-likeness (QED) is 0.155. The molecule has 8 aromatic carbocycles. The minimum Gasteiger partial charge on any atom is -0.0984 e. The molecule has 0 saturated heterocycles. The van der Waals surface area contributed by atoms with Crippen molar-refractivity contribution in [3.8, 4) is 44.5 Å². The molecule has 57 heavy (non-hydrogen) atoms. The van der Waals surface area contributed by atoms with Crippen LogP contribution in [0.15, 0.2) is 158 Å². The number of rotatable bonds is 5. The second kappa shape index (κ2) is 12.6. The van der Waals surface area contributed by atoms with Crippen molar-refractivity contribution in [3.05, 3.63) is 192 Å². The highest BCUT2D eigenvalue weighted by molar-refractivity contribution is 6.24. The maximum Gasteiger partial charge on any atom is 0.0159 e. The van der Waals surface area contributed by atoms with Gasteiger partial charge in [0.2, 0.25) is 0 Å². The fourth-order valence-corrected chi connectivity index (χ4v) is 10.4. The molecule has 0 bridgehead atoms. The third-order valence-electron chi connectivity index (χ3n) is 13.0. The summed E-state index contributed by atoms with van der Waals surface area (Å²) in [6.45, 7) is 20.3. The van der Waals surface area contributed by atoms with E-state index in [1.165, 1.54) is 121 Å². The van der Waals surface area contributed by atoms with E-state index in [-0.39, 0.29) is 10.8 Å². The minimum atomic E-state index is -0.0885. The molecule has 0 radical (unpaired) electrons. The number of aryl methyl sites for hydroxylation is 1. The van der Waals surface area contributed by atoms with Crippen molar-refractivity contribution < 1.29 is 0 Å². The van der Waals surface area contributed by atoms with E-state index in [1.54, 1.807) is 0 Å². The van der Waals surface area contributed by atoms with Crippen LogP contribution in [0.2, 0.25) is 0 Å². The highest BCUT2D eigenvalue weighted by Crippen LogP contribution is 2.52. The van der Waals surface area contributed by atoms with Crippen LogP contribution in [0, 0.1) is 6.92 Å². The number of hydrogen-bond acceptors (Lipinski definition) is 0. The van der Waals surface area contributed by atoms with Gasteiger partial charge in [-0.1, -0.05) is 181 Å². The Morgan fingerprint density at radius 1 is 0.509 bits per heavy atom. The zero-order valence-electron chi connectivity index (χ0n) is 34.1. The molecule has 0 heterocycles. The Morgan fingerprint density at radius 3 is 1.84 bits per heavy atom. The fraction of sp³-hybridized carbons (Fsp3) is 0.158. The van der Waals surface area contributed by atoms with Crippen LogP contribution in [0.4, 0.5) is 0 Å². The van der Waals surface area contributed by atoms with Gasteiger partial charge >= 0.3 is 0 Å². The second-order valence-electron chi connectivity index (χ2n) is 17.7. The first-order valence-electron chi connectivity index (χ1n) is 20.4. The zero-order chi connectivity index (χ0) is 39.4. The third kappa shape index (κ3) is 5.13. The first kappa shape index (κ1) is 35.2. The largest absolute Gasteiger partial charge is 0.0984 e. The van der Waals surface area contributed by atoms with Gasteiger partial charge in [0.15, 0.2) is 0 Å². The van der Waals surface area contributed by atoms with Crippen LogP contribution >= 0.6 is 0 Å². The summed E-state index contributed by atoms with van der Waals surface area (Å²) in [5.74, 6) is 0. The summed E-state index contributed by atoms with van der Waals surface area (Å²) >= 11 is 0. The highest BCUT2D eigenvalue weighted by Gasteiger charge is 2.35. The van der Waals surface area contributed by atoms with Crippen LogP contribution < -0.4 is 0 Å². The van der Waals surface area contributed by atoms with Gasteiger partial charge in [-0.2, -0.15) is 0 Å². The van der Waals surface area contributed by atoms with Crippen LogP contribution in [0.3, 0.4) is 0 Å². The van der Waals surface area contributed by atoms with Crippen molar-refractivity contribution in [1.82, 2.24) is 0 Å². The highest BCUT2D eigenvalue weighted by atomic mass is 14.4. The first-order chi connectivity index (χ1) is 27.5. The average molecular weight is 733 g/mol. The Balaban J connectivity index is 1.28. The van der Waals surface area contributed by atoms with E-state index in [0.29, 0.717) is 0 Å². The molecule has 0 amide bonds. The van der Waals surface area contributed by atoms with E-state index < -0.39 is 0 Å². The van der Waals surface area contributed by atoms with Gasteiger partial charge in [0.05, 0.1) is 0 Å². The standard InChI is InChI=1S/C57H48/c1-9-16-40-38(10-2)47-30-29-39(43-20-15-21-44(40)55(43)47)35-25-28-48-49(31-35)54(36-24-23-34(3)51(32-36)56(4,5)6)46-19-12-11-18-45(46)53(48)37-26-27-42-41-17-13-14-22-50(41)57(7,8)52(42)33-37/h9-33H,2H2,1,3-8H3/b16-9-. The van der Waals surface area contributed by atoms with E-state index in [4.69, 9.17) is 0 Å². The van der Waals surface area contributed by atoms with Crippen molar-refractivity contribution in [2.75, 3.05) is 0 Å². The molecule has 0 N–H and O–H groups in total. The monoisotopic (exact) mass is 732 g/mol. The average Bonchev–Trinajstić information content (AvgIpc) is 3.64. The Kier molecular flexibility index (Phi) is 7.80. The summed E-state index contributed by atoms with van der Waals surface area (Å²) in [5, 5.41) is 7.69. The lowest BCUT2D eigenvalue weighted by molar-refractivity contribution is 0.586. The van der Waals surface area contributed by atoms with Crippen molar-refractivity contribution >= 4 is 43.5 Å². The lowest BCUT2D eigenvalue weighted by Crippen LogP contribution is -2.14. The third-order valence-corrected chi connectivity index (χ3v) is 13.0. The zero-order valence-corrected chi connectivity index (χ0v) is 34.1. The summed E-state index contributed by atoms with van der Waals surface area (Å²) < 4.78 is 0. The molecule has 0 heteroatoms. The lowest BCUT2D eigenvalue weighted by atomic mass is 9.79. The Hall–Kier alpha value is -6.24. The Bertz CT molecular complexity index is 3090. The molecule has 0 atom stereocenters. The Morgan fingerprint density at radius 2 is 1.09 bits per heavy atom. The summed E-state index contributed by atoms with van der Waals surface area (Å²) in [5.41, 5.74) is 20.7. The molecular formula is C57H48. The van der Waals surface area contributed by atoms with E-state index >= 15 is 0 Å². The van der Waals surface area contributed by atoms with E-state index in [2.05, 4.69) is 201 Å². The predicted molar refractivity (Wildman–Crippen MR) is 248 cm³/mol. The van der Waals surface area contributed by atoms with Crippen LogP contribution in [-0.4, -0.2) is 0 Å². The summed E-state index contributed by atoms with van der Waals surface area (Å²) in [6, 6.07) is 51.1. The van der Waals surface area contributed by atoms with Crippen molar-refractivity contribution in [3.63, 3.8) is 0 Å². The molecule has 0 aromatic heterocycles. The normalized spacial score (nSPS) is 14.3. The van der Waals surface area contributed by atoms with Gasteiger partial charge in [0.1, 0.15) is 0 Å². The van der Waals surface area contributed by atoms with Crippen LogP contribution in [-0.2, 0) is 10.8 Å². The van der Waals surface area contributed by atoms with Crippen molar-refractivity contribution in [1.29, 1.82) is 0 Å². The van der Waals surface area contributed by atoms with E-state index in [1.807, 2.05) is 6.08 Å². The van der Waals surface area contributed by atoms with E-state index in [9.17, 15) is 0 Å². The maximum absolute atomic E-state index is 4.23. The molecule has 10 rings (SSSR count). The van der Waals surface area contributed by atoms with Crippen molar-refractivity contribution in [2.45, 2.75) is 59.3 Å². The van der Waals surface area contributed by atoms with Crippen molar-refractivity contribution in [2.24, 2.45) is 0 Å². The van der Waals surface area contributed by atoms with Gasteiger partial charge in [-0.15, -0.1) is 0 Å². The molecule has 2 aliphatic rings. The molecule has 0 aliphatic heterocycles. The van der Waals surface area contributed by atoms with Gasteiger partial charge in [-0.25, -0.2) is 0 Å². The van der Waals surface area contributed by atoms with Gasteiger partial charge in [0, 0.05) is 5.41 Å². The SMILES string of the molecule is C=CC1=C(/C=C\C)c2cccc3c(-c4ccc5c(-c6ccc7c(c6)C(C)(C)c6ccccc6-7)c6ccccc6c(-c6ccc(C)c(C(C)(C)C)c6)c5c4)ccc1c23. The summed E-state index contributed by atoms with van der Waals surface area (Å²) in [4.78, 5) is 0. The van der Waals surface area contributed by atoms with E-state index in [0.717, 1.165) is 0 Å². The molecule has 0 unspecified atom stereocenters. The summed E-state index contributed by atoms with van der Waals surface area (Å²) in [6.07, 6.45) is 6.38. The molecule has 0 spiro atoms. The topological polar surface area (TPSA) is 0 Å². The Labute approximate surface area is 337 Å². The number of benzene rings is 8. The smallest absolute Gasteiger partial charge is 0.0159 e. The molecular weight excluding hydrogens is 685 g/mol. The second-order valence-corrected chi connectivity index (χ2v) is 17.7. The van der Waals surface area contributed by atoms with Gasteiger partial charge in [-0.3, -0.25) is 0 Å². The lowest BCUT2D eigenvalue weighted by Gasteiger charge is -2.25. The molecule has 8 aromatic rings. The van der Waals surface area contributed by atoms with Crippen LogP contribution in [0.5, 0.6) is 0 Å². The molecule has 0 nitrogen and oxygen atoms in total. The number of hydrogen-bond donors (Lipinski definition) is 0. The summed E-state index contributed by atoms with van der Waals surface area (Å²) in [7, 11) is 0. The number of allylic oxidation sites excluding steroid dienone is 5. The minimum absolute atomic E-state index is 0.0143. The number of fused-ring (bicyclic) bond motifs is 5.